The van der Waals surface area contributed by atoms with Gasteiger partial charge in [-0.15, -0.1) is 0 Å². The average molecular weight is 313 g/mol. The fourth-order valence-electron chi connectivity index (χ4n) is 2.51. The standard InChI is InChI=1S/C16H19N5O2/c1-23-13-5-4-8-18-15(13)19-16(22)21-11-9-20(10-12-21)14-6-2-3-7-17-14/h2-8H,9-12H2,1H3,(H,18,19,22). The van der Waals surface area contributed by atoms with Crippen LogP contribution in [0.15, 0.2) is 42.7 Å². The molecular weight excluding hydrogens is 294 g/mol. The van der Waals surface area contributed by atoms with Gasteiger partial charge in [-0.2, -0.15) is 0 Å². The molecule has 0 unspecified atom stereocenters. The molecule has 7 nitrogen and oxygen atoms in total. The molecule has 1 aliphatic heterocycles. The average Bonchev–Trinajstić information content (AvgIpc) is 2.63. The van der Waals surface area contributed by atoms with E-state index in [1.54, 1.807) is 36.5 Å². The summed E-state index contributed by atoms with van der Waals surface area (Å²) in [6, 6.07) is 9.21. The summed E-state index contributed by atoms with van der Waals surface area (Å²) in [6.45, 7) is 2.78. The maximum atomic E-state index is 12.4. The van der Waals surface area contributed by atoms with E-state index < -0.39 is 0 Å². The number of nitrogens with zero attached hydrogens (tertiary/aromatic N) is 4. The molecule has 1 saturated heterocycles. The normalized spacial score (nSPS) is 14.5. The highest BCUT2D eigenvalue weighted by Crippen LogP contribution is 2.21. The predicted molar refractivity (Wildman–Crippen MR) is 87.8 cm³/mol. The summed E-state index contributed by atoms with van der Waals surface area (Å²) in [7, 11) is 1.55. The third kappa shape index (κ3) is 3.50. The number of piperazine rings is 1. The lowest BCUT2D eigenvalue weighted by atomic mass is 10.3. The van der Waals surface area contributed by atoms with Crippen LogP contribution in [0, 0.1) is 0 Å². The highest BCUT2D eigenvalue weighted by atomic mass is 16.5. The first-order valence-corrected chi connectivity index (χ1v) is 7.49. The number of pyridine rings is 2. The molecule has 0 atom stereocenters. The van der Waals surface area contributed by atoms with Gasteiger partial charge in [0.05, 0.1) is 7.11 Å². The number of carbonyl (C=O) groups excluding carboxylic acids is 1. The van der Waals surface area contributed by atoms with Gasteiger partial charge in [-0.05, 0) is 24.3 Å². The van der Waals surface area contributed by atoms with Gasteiger partial charge in [0.15, 0.2) is 11.6 Å². The van der Waals surface area contributed by atoms with E-state index in [2.05, 4.69) is 20.2 Å². The van der Waals surface area contributed by atoms with Gasteiger partial charge in [0, 0.05) is 38.6 Å². The van der Waals surface area contributed by atoms with E-state index in [4.69, 9.17) is 4.74 Å². The molecule has 1 N–H and O–H groups in total. The van der Waals surface area contributed by atoms with E-state index >= 15 is 0 Å². The van der Waals surface area contributed by atoms with E-state index in [0.717, 1.165) is 18.9 Å². The van der Waals surface area contributed by atoms with Crippen LogP contribution >= 0.6 is 0 Å². The Kier molecular flexibility index (Phi) is 4.56. The smallest absolute Gasteiger partial charge is 0.323 e. The summed E-state index contributed by atoms with van der Waals surface area (Å²) in [5.41, 5.74) is 0. The van der Waals surface area contributed by atoms with Crippen LogP contribution in [-0.4, -0.2) is 54.2 Å². The number of amides is 2. The lowest BCUT2D eigenvalue weighted by molar-refractivity contribution is 0.208. The summed E-state index contributed by atoms with van der Waals surface area (Å²) in [5.74, 6) is 1.93. The number of urea groups is 1. The lowest BCUT2D eigenvalue weighted by Gasteiger charge is -2.35. The van der Waals surface area contributed by atoms with Crippen molar-refractivity contribution < 1.29 is 9.53 Å². The molecule has 23 heavy (non-hydrogen) atoms. The van der Waals surface area contributed by atoms with Gasteiger partial charge in [0.1, 0.15) is 5.82 Å². The number of rotatable bonds is 3. The fourth-order valence-corrected chi connectivity index (χ4v) is 2.51. The van der Waals surface area contributed by atoms with Crippen LogP contribution in [0.3, 0.4) is 0 Å². The van der Waals surface area contributed by atoms with Crippen molar-refractivity contribution in [2.75, 3.05) is 43.5 Å². The van der Waals surface area contributed by atoms with Crippen LogP contribution < -0.4 is 15.0 Å². The first kappa shape index (κ1) is 15.1. The van der Waals surface area contributed by atoms with Crippen LogP contribution in [0.25, 0.3) is 0 Å². The van der Waals surface area contributed by atoms with Crippen LogP contribution in [0.1, 0.15) is 0 Å². The summed E-state index contributed by atoms with van der Waals surface area (Å²) < 4.78 is 5.20. The molecule has 0 aliphatic carbocycles. The van der Waals surface area contributed by atoms with Crippen molar-refractivity contribution in [3.8, 4) is 5.75 Å². The van der Waals surface area contributed by atoms with Gasteiger partial charge in [-0.1, -0.05) is 6.07 Å². The second-order valence-corrected chi connectivity index (χ2v) is 5.15. The van der Waals surface area contributed by atoms with Crippen molar-refractivity contribution in [3.63, 3.8) is 0 Å². The minimum Gasteiger partial charge on any atom is -0.493 e. The van der Waals surface area contributed by atoms with Gasteiger partial charge in [0.25, 0.3) is 0 Å². The van der Waals surface area contributed by atoms with E-state index in [1.807, 2.05) is 18.2 Å². The molecule has 120 valence electrons. The van der Waals surface area contributed by atoms with Crippen LogP contribution in [0.2, 0.25) is 0 Å². The number of hydrogen-bond donors (Lipinski definition) is 1. The maximum Gasteiger partial charge on any atom is 0.323 e. The highest BCUT2D eigenvalue weighted by Gasteiger charge is 2.22. The quantitative estimate of drug-likeness (QED) is 0.936. The van der Waals surface area contributed by atoms with Crippen molar-refractivity contribution in [2.45, 2.75) is 0 Å². The second kappa shape index (κ2) is 6.95. The number of nitrogens with one attached hydrogen (secondary N) is 1. The minimum atomic E-state index is -0.164. The monoisotopic (exact) mass is 313 g/mol. The molecule has 0 spiro atoms. The van der Waals surface area contributed by atoms with Crippen molar-refractivity contribution in [2.24, 2.45) is 0 Å². The van der Waals surface area contributed by atoms with Crippen LogP contribution in [0.4, 0.5) is 16.4 Å². The Hall–Kier alpha value is -2.83. The van der Waals surface area contributed by atoms with E-state index in [1.165, 1.54) is 0 Å². The molecule has 2 amide bonds. The molecule has 3 heterocycles. The minimum absolute atomic E-state index is 0.164. The van der Waals surface area contributed by atoms with Crippen molar-refractivity contribution >= 4 is 17.7 Å². The molecule has 0 bridgehead atoms. The van der Waals surface area contributed by atoms with Crippen molar-refractivity contribution in [1.29, 1.82) is 0 Å². The Morgan fingerprint density at radius 1 is 1.09 bits per heavy atom. The number of anilines is 2. The third-order valence-electron chi connectivity index (χ3n) is 3.76. The molecule has 3 rings (SSSR count). The number of aromatic nitrogens is 2. The lowest BCUT2D eigenvalue weighted by Crippen LogP contribution is -2.50. The van der Waals surface area contributed by atoms with Gasteiger partial charge in [-0.3, -0.25) is 5.32 Å². The first-order chi connectivity index (χ1) is 11.3. The van der Waals surface area contributed by atoms with Crippen LogP contribution in [0.5, 0.6) is 5.75 Å². The Morgan fingerprint density at radius 2 is 1.87 bits per heavy atom. The topological polar surface area (TPSA) is 70.6 Å². The van der Waals surface area contributed by atoms with E-state index in [0.29, 0.717) is 24.7 Å². The Morgan fingerprint density at radius 3 is 2.57 bits per heavy atom. The number of carbonyl (C=O) groups is 1. The summed E-state index contributed by atoms with van der Waals surface area (Å²) in [4.78, 5) is 24.8. The zero-order chi connectivity index (χ0) is 16.1. The molecular formula is C16H19N5O2. The van der Waals surface area contributed by atoms with Gasteiger partial charge in [0.2, 0.25) is 0 Å². The molecule has 7 heteroatoms. The summed E-state index contributed by atoms with van der Waals surface area (Å²) >= 11 is 0. The van der Waals surface area contributed by atoms with Crippen molar-refractivity contribution in [1.82, 2.24) is 14.9 Å². The van der Waals surface area contributed by atoms with E-state index in [9.17, 15) is 4.79 Å². The molecule has 0 saturated carbocycles. The molecule has 0 aromatic carbocycles. The number of methoxy groups -OCH3 is 1. The van der Waals surface area contributed by atoms with Gasteiger partial charge >= 0.3 is 6.03 Å². The molecule has 2 aromatic heterocycles. The maximum absolute atomic E-state index is 12.4. The summed E-state index contributed by atoms with van der Waals surface area (Å²) in [5, 5.41) is 2.80. The Balaban J connectivity index is 1.58. The first-order valence-electron chi connectivity index (χ1n) is 7.49. The molecule has 1 fully saturated rings. The Bertz CT molecular complexity index is 657. The zero-order valence-corrected chi connectivity index (χ0v) is 13.0. The highest BCUT2D eigenvalue weighted by molar-refractivity contribution is 5.89. The summed E-state index contributed by atoms with van der Waals surface area (Å²) in [6.07, 6.45) is 3.40. The molecule has 0 radical (unpaired) electrons. The van der Waals surface area contributed by atoms with Gasteiger partial charge < -0.3 is 14.5 Å². The number of ether oxygens (including phenoxy) is 1. The third-order valence-corrected chi connectivity index (χ3v) is 3.76. The zero-order valence-electron chi connectivity index (χ0n) is 13.0. The van der Waals surface area contributed by atoms with Crippen LogP contribution in [-0.2, 0) is 0 Å². The second-order valence-electron chi connectivity index (χ2n) is 5.15. The Labute approximate surface area is 134 Å². The SMILES string of the molecule is COc1cccnc1NC(=O)N1CCN(c2ccccn2)CC1. The van der Waals surface area contributed by atoms with Gasteiger partial charge in [-0.25, -0.2) is 14.8 Å². The number of hydrogen-bond acceptors (Lipinski definition) is 5. The largest absolute Gasteiger partial charge is 0.493 e. The van der Waals surface area contributed by atoms with Crippen molar-refractivity contribution in [3.05, 3.63) is 42.7 Å². The molecule has 2 aromatic rings. The fraction of sp³-hybridized carbons (Fsp3) is 0.312. The molecule has 1 aliphatic rings. The predicted octanol–water partition coefficient (Wildman–Crippen LogP) is 1.84. The van der Waals surface area contributed by atoms with E-state index in [-0.39, 0.29) is 6.03 Å².